The van der Waals surface area contributed by atoms with Crippen LogP contribution < -0.4 is 5.73 Å². The number of carboxylic acids is 1. The molecule has 1 atom stereocenters. The lowest BCUT2D eigenvalue weighted by Gasteiger charge is -1.96. The normalized spacial score (nSPS) is 12.2. The number of aliphatic carboxylic acids is 1. The molecule has 0 fully saturated rings. The molecule has 0 radical (unpaired) electrons. The molecular formula is C3H10N2O3S2. The summed E-state index contributed by atoms with van der Waals surface area (Å²) >= 11 is 2.73. The van der Waals surface area contributed by atoms with E-state index >= 15 is 0 Å². The highest BCUT2D eigenvalue weighted by molar-refractivity contribution is 7.80. The second-order valence-electron chi connectivity index (χ2n) is 1.23. The zero-order chi connectivity index (χ0) is 8.57. The monoisotopic (exact) mass is 186 g/mol. The largest absolute Gasteiger partial charge is 0.480 e. The topological polar surface area (TPSA) is 104 Å². The Balaban J connectivity index is 0. The highest BCUT2D eigenvalue weighted by atomic mass is 32.1. The molecule has 0 aromatic rings. The van der Waals surface area contributed by atoms with Crippen molar-refractivity contribution in [3.63, 3.8) is 0 Å². The second kappa shape index (κ2) is 8.73. The maximum atomic E-state index is 9.76. The predicted octanol–water partition coefficient (Wildman–Crippen LogP) is -1.25. The summed E-state index contributed by atoms with van der Waals surface area (Å²) in [6, 6.07) is -0.816. The number of hydrogen-bond acceptors (Lipinski definition) is 5. The number of carbonyl (C=O) groups is 1. The van der Waals surface area contributed by atoms with Crippen molar-refractivity contribution in [1.29, 1.82) is 4.78 Å². The van der Waals surface area contributed by atoms with Gasteiger partial charge < -0.3 is 10.8 Å². The van der Waals surface area contributed by atoms with Crippen LogP contribution in [0.3, 0.4) is 0 Å². The van der Waals surface area contributed by atoms with Gasteiger partial charge in [0, 0.05) is 17.2 Å². The number of hydrogen-bond donors (Lipinski definition) is 4. The maximum Gasteiger partial charge on any atom is 0.321 e. The van der Waals surface area contributed by atoms with Crippen molar-refractivity contribution in [2.75, 3.05) is 5.75 Å². The number of nitrogens with one attached hydrogen (secondary N) is 1. The fourth-order valence-corrected chi connectivity index (χ4v) is 0.234. The third-order valence-electron chi connectivity index (χ3n) is 0.514. The highest BCUT2D eigenvalue weighted by Gasteiger charge is 2.06. The van der Waals surface area contributed by atoms with Gasteiger partial charge in [-0.05, 0) is 0 Å². The van der Waals surface area contributed by atoms with E-state index in [4.69, 9.17) is 19.8 Å². The molecule has 0 heterocycles. The van der Waals surface area contributed by atoms with Gasteiger partial charge in [-0.15, -0.1) is 0 Å². The second-order valence-corrected chi connectivity index (χ2v) is 1.80. The fraction of sp³-hybridized carbons (Fsp3) is 0.667. The van der Waals surface area contributed by atoms with E-state index < -0.39 is 23.5 Å². The van der Waals surface area contributed by atoms with Crippen LogP contribution in [0.15, 0.2) is 0 Å². The molecule has 0 amide bonds. The van der Waals surface area contributed by atoms with Crippen molar-refractivity contribution in [3.8, 4) is 0 Å². The summed E-state index contributed by atoms with van der Waals surface area (Å²) in [6.07, 6.45) is 0. The van der Waals surface area contributed by atoms with Gasteiger partial charge in [0.15, 0.2) is 0 Å². The van der Waals surface area contributed by atoms with E-state index in [1.165, 1.54) is 0 Å². The van der Waals surface area contributed by atoms with Crippen molar-refractivity contribution in [1.82, 2.24) is 0 Å². The SMILES string of the molecule is N=[SH2]=O.N[C@@H](CS)C(=O)O. The van der Waals surface area contributed by atoms with E-state index in [2.05, 4.69) is 12.6 Å². The van der Waals surface area contributed by atoms with Crippen LogP contribution in [0.25, 0.3) is 0 Å². The lowest BCUT2D eigenvalue weighted by molar-refractivity contribution is -0.137. The number of rotatable bonds is 2. The van der Waals surface area contributed by atoms with Crippen molar-refractivity contribution >= 4 is 30.1 Å². The van der Waals surface area contributed by atoms with Gasteiger partial charge in [0.1, 0.15) is 6.04 Å². The van der Waals surface area contributed by atoms with Crippen molar-refractivity contribution in [2.45, 2.75) is 6.04 Å². The molecule has 0 aliphatic carbocycles. The highest BCUT2D eigenvalue weighted by Crippen LogP contribution is 1.80. The fourth-order valence-electron chi connectivity index (χ4n) is 0.0781. The molecule has 5 nitrogen and oxygen atoms in total. The standard InChI is InChI=1S/C3H7NO2S.H3NOS/c4-2(1-7)3(5)6;1-3-2/h2,7H,1,4H2,(H,5,6);1H,3H2/t2-;/m0./s1. The van der Waals surface area contributed by atoms with Crippen molar-refractivity contribution in [3.05, 3.63) is 0 Å². The summed E-state index contributed by atoms with van der Waals surface area (Å²) in [6.45, 7) is 0. The van der Waals surface area contributed by atoms with Crippen LogP contribution in [0.4, 0.5) is 0 Å². The molecule has 0 aliphatic heterocycles. The Morgan fingerprint density at radius 3 is 2.20 bits per heavy atom. The summed E-state index contributed by atoms with van der Waals surface area (Å²) < 4.78 is 14.3. The van der Waals surface area contributed by atoms with E-state index in [0.29, 0.717) is 0 Å². The summed E-state index contributed by atoms with van der Waals surface area (Å²) in [7, 11) is 0. The molecule has 0 bridgehead atoms. The van der Waals surface area contributed by atoms with E-state index in [9.17, 15) is 4.79 Å². The molecular weight excluding hydrogens is 176 g/mol. The third-order valence-corrected chi connectivity index (χ3v) is 0.907. The van der Waals surface area contributed by atoms with Crippen molar-refractivity contribution in [2.24, 2.45) is 5.73 Å². The number of nitrogens with two attached hydrogens (primary N) is 1. The molecule has 0 aromatic heterocycles. The molecule has 62 valence electrons. The quantitative estimate of drug-likeness (QED) is 0.405. The van der Waals surface area contributed by atoms with Gasteiger partial charge in [-0.1, -0.05) is 0 Å². The predicted molar refractivity (Wildman–Crippen MR) is 43.1 cm³/mol. The molecule has 0 aliphatic rings. The zero-order valence-electron chi connectivity index (χ0n) is 5.07. The van der Waals surface area contributed by atoms with Crippen LogP contribution >= 0.6 is 12.6 Å². The molecule has 0 aromatic carbocycles. The van der Waals surface area contributed by atoms with Crippen molar-refractivity contribution < 1.29 is 14.1 Å². The average molecular weight is 186 g/mol. The first-order chi connectivity index (χ1) is 4.59. The van der Waals surface area contributed by atoms with E-state index in [0.717, 1.165) is 0 Å². The van der Waals surface area contributed by atoms with Crippen LogP contribution in [-0.2, 0) is 16.3 Å². The lowest BCUT2D eigenvalue weighted by Crippen LogP contribution is -2.31. The first-order valence-corrected chi connectivity index (χ1v) is 3.77. The van der Waals surface area contributed by atoms with Gasteiger partial charge in [0.2, 0.25) is 0 Å². The zero-order valence-corrected chi connectivity index (χ0v) is 6.97. The third kappa shape index (κ3) is 10.7. The minimum Gasteiger partial charge on any atom is -0.480 e. The Labute approximate surface area is 67.1 Å². The van der Waals surface area contributed by atoms with Crippen LogP contribution in [0, 0.1) is 4.78 Å². The summed E-state index contributed by atoms with van der Waals surface area (Å²) in [5.41, 5.74) is 4.94. The summed E-state index contributed by atoms with van der Waals surface area (Å²) in [5, 5.41) is 8.01. The molecule has 0 saturated heterocycles. The average Bonchev–Trinajstić information content (AvgIpc) is 1.88. The molecule has 0 saturated carbocycles. The minimum absolute atomic E-state index is 0.190. The van der Waals surface area contributed by atoms with Crippen LogP contribution in [0.1, 0.15) is 0 Å². The molecule has 0 unspecified atom stereocenters. The van der Waals surface area contributed by atoms with Gasteiger partial charge in [0.25, 0.3) is 0 Å². The van der Waals surface area contributed by atoms with Gasteiger partial charge in [-0.2, -0.15) is 12.6 Å². The van der Waals surface area contributed by atoms with Gasteiger partial charge in [0.05, 0.1) is 0 Å². The Morgan fingerprint density at radius 1 is 1.90 bits per heavy atom. The van der Waals surface area contributed by atoms with E-state index in [-0.39, 0.29) is 5.75 Å². The number of carboxylic acid groups (broad SMARTS) is 1. The number of thiol groups is 1. The summed E-state index contributed by atoms with van der Waals surface area (Å²) in [4.78, 5) is 9.76. The Bertz CT molecular complexity index is 134. The van der Waals surface area contributed by atoms with E-state index in [1.54, 1.807) is 0 Å². The molecule has 0 spiro atoms. The Kier molecular flexibility index (Phi) is 10.8. The minimum atomic E-state index is -1.00. The molecule has 10 heavy (non-hydrogen) atoms. The van der Waals surface area contributed by atoms with Crippen LogP contribution in [0.2, 0.25) is 0 Å². The van der Waals surface area contributed by atoms with Gasteiger partial charge in [-0.3, -0.25) is 13.8 Å². The van der Waals surface area contributed by atoms with Gasteiger partial charge >= 0.3 is 5.97 Å². The van der Waals surface area contributed by atoms with Gasteiger partial charge in [-0.25, -0.2) is 0 Å². The first-order valence-electron chi connectivity index (χ1n) is 2.23. The molecule has 0 rings (SSSR count). The smallest absolute Gasteiger partial charge is 0.321 e. The maximum absolute atomic E-state index is 9.76. The Morgan fingerprint density at radius 2 is 2.20 bits per heavy atom. The molecule has 7 heteroatoms. The van der Waals surface area contributed by atoms with Crippen LogP contribution in [-0.4, -0.2) is 27.1 Å². The first kappa shape index (κ1) is 12.4. The van der Waals surface area contributed by atoms with E-state index in [1.807, 2.05) is 0 Å². The van der Waals surface area contributed by atoms with Crippen LogP contribution in [0.5, 0.6) is 0 Å². The molecule has 4 N–H and O–H groups in total. The summed E-state index contributed by atoms with van der Waals surface area (Å²) in [5.74, 6) is -0.815. The lowest BCUT2D eigenvalue weighted by atomic mass is 10.4. The Hall–Kier alpha value is -0.270.